The number of nitrogens with one attached hydrogen (secondary N) is 1. The molecule has 1 amide bonds. The highest BCUT2D eigenvalue weighted by atomic mass is 16.1. The van der Waals surface area contributed by atoms with Crippen LogP contribution in [-0.2, 0) is 24.1 Å². The minimum Gasteiger partial charge on any atom is -0.352 e. The third-order valence-electron chi connectivity index (χ3n) is 3.56. The highest BCUT2D eigenvalue weighted by Crippen LogP contribution is 2.23. The van der Waals surface area contributed by atoms with Crippen LogP contribution in [0, 0.1) is 0 Å². The van der Waals surface area contributed by atoms with E-state index in [9.17, 15) is 4.79 Å². The van der Waals surface area contributed by atoms with Crippen molar-refractivity contribution in [1.82, 2.24) is 5.32 Å². The number of carbonyl (C=O) groups excluding carboxylic acids is 1. The molecule has 1 aromatic rings. The number of carbonyl (C=O) groups is 1. The second-order valence-electron chi connectivity index (χ2n) is 5.16. The van der Waals surface area contributed by atoms with Crippen LogP contribution in [0.15, 0.2) is 18.2 Å². The number of hydrogen-bond acceptors (Lipinski definition) is 2. The molecule has 3 heteroatoms. The van der Waals surface area contributed by atoms with Gasteiger partial charge in [0, 0.05) is 19.0 Å². The van der Waals surface area contributed by atoms with Crippen molar-refractivity contribution in [2.24, 2.45) is 5.73 Å². The largest absolute Gasteiger partial charge is 0.352 e. The van der Waals surface area contributed by atoms with E-state index in [-0.39, 0.29) is 11.9 Å². The minimum atomic E-state index is 0.0671. The summed E-state index contributed by atoms with van der Waals surface area (Å²) in [6.45, 7) is 2.41. The van der Waals surface area contributed by atoms with Gasteiger partial charge in [0.2, 0.25) is 5.91 Å². The number of aryl methyl sites for hydroxylation is 3. The molecule has 1 aliphatic rings. The predicted octanol–water partition coefficient (Wildman–Crippen LogP) is 1.57. The van der Waals surface area contributed by atoms with E-state index in [1.807, 2.05) is 6.92 Å². The summed E-state index contributed by atoms with van der Waals surface area (Å²) in [6.07, 6.45) is 5.04. The molecule has 0 aliphatic heterocycles. The van der Waals surface area contributed by atoms with Crippen molar-refractivity contribution in [3.8, 4) is 0 Å². The zero-order valence-electron chi connectivity index (χ0n) is 11.0. The molecule has 1 unspecified atom stereocenters. The lowest BCUT2D eigenvalue weighted by Gasteiger charge is -2.11. The van der Waals surface area contributed by atoms with E-state index in [0.717, 1.165) is 6.42 Å². The van der Waals surface area contributed by atoms with Crippen LogP contribution in [0.2, 0.25) is 0 Å². The monoisotopic (exact) mass is 246 g/mol. The molecule has 3 N–H and O–H groups in total. The molecule has 3 nitrogen and oxygen atoms in total. The van der Waals surface area contributed by atoms with Gasteiger partial charge in [0.1, 0.15) is 0 Å². The molecule has 0 aromatic heterocycles. The van der Waals surface area contributed by atoms with Gasteiger partial charge in [0.15, 0.2) is 0 Å². The van der Waals surface area contributed by atoms with Crippen molar-refractivity contribution in [3.05, 3.63) is 34.9 Å². The van der Waals surface area contributed by atoms with E-state index in [0.29, 0.717) is 13.0 Å². The first kappa shape index (κ1) is 13.1. The summed E-state index contributed by atoms with van der Waals surface area (Å²) < 4.78 is 0. The van der Waals surface area contributed by atoms with Crippen molar-refractivity contribution >= 4 is 5.91 Å². The van der Waals surface area contributed by atoms with Gasteiger partial charge in [-0.1, -0.05) is 18.2 Å². The van der Waals surface area contributed by atoms with Crippen LogP contribution in [-0.4, -0.2) is 18.5 Å². The molecular formula is C15H22N2O. The topological polar surface area (TPSA) is 55.1 Å². The van der Waals surface area contributed by atoms with Crippen molar-refractivity contribution in [1.29, 1.82) is 0 Å². The summed E-state index contributed by atoms with van der Waals surface area (Å²) in [5, 5.41) is 2.89. The second kappa shape index (κ2) is 6.01. The first-order valence-electron chi connectivity index (χ1n) is 6.79. The number of fused-ring (bicyclic) bond motifs is 1. The fourth-order valence-corrected chi connectivity index (χ4v) is 2.44. The fraction of sp³-hybridized carbons (Fsp3) is 0.533. The average molecular weight is 246 g/mol. The molecule has 98 valence electrons. The molecule has 0 bridgehead atoms. The Hall–Kier alpha value is -1.35. The third kappa shape index (κ3) is 3.33. The Balaban J connectivity index is 1.85. The zero-order chi connectivity index (χ0) is 13.0. The van der Waals surface area contributed by atoms with Gasteiger partial charge in [-0.15, -0.1) is 0 Å². The van der Waals surface area contributed by atoms with E-state index >= 15 is 0 Å². The maximum atomic E-state index is 11.7. The zero-order valence-corrected chi connectivity index (χ0v) is 11.0. The Kier molecular flexibility index (Phi) is 4.37. The summed E-state index contributed by atoms with van der Waals surface area (Å²) in [6, 6.07) is 6.71. The molecule has 2 rings (SSSR count). The van der Waals surface area contributed by atoms with Crippen LogP contribution in [0.4, 0.5) is 0 Å². The van der Waals surface area contributed by atoms with Gasteiger partial charge in [0.25, 0.3) is 0 Å². The van der Waals surface area contributed by atoms with Crippen LogP contribution in [0.25, 0.3) is 0 Å². The lowest BCUT2D eigenvalue weighted by molar-refractivity contribution is -0.121. The molecule has 0 saturated carbocycles. The molecular weight excluding hydrogens is 224 g/mol. The van der Waals surface area contributed by atoms with E-state index in [1.165, 1.54) is 36.0 Å². The van der Waals surface area contributed by atoms with Crippen molar-refractivity contribution in [2.45, 2.75) is 45.1 Å². The molecule has 0 fully saturated rings. The molecule has 0 saturated heterocycles. The smallest absolute Gasteiger partial charge is 0.220 e. The lowest BCUT2D eigenvalue weighted by atomic mass is 10.0. The van der Waals surface area contributed by atoms with Gasteiger partial charge in [-0.2, -0.15) is 0 Å². The quantitative estimate of drug-likeness (QED) is 0.828. The van der Waals surface area contributed by atoms with E-state index < -0.39 is 0 Å². The standard InChI is InChI=1S/C15H22N2O/c1-11(10-16)17-15(18)8-6-12-5-7-13-3-2-4-14(13)9-12/h5,7,9,11H,2-4,6,8,10,16H2,1H3,(H,17,18). The summed E-state index contributed by atoms with van der Waals surface area (Å²) in [5.41, 5.74) is 9.71. The lowest BCUT2D eigenvalue weighted by Crippen LogP contribution is -2.37. The van der Waals surface area contributed by atoms with Crippen molar-refractivity contribution in [3.63, 3.8) is 0 Å². The van der Waals surface area contributed by atoms with Crippen LogP contribution in [0.5, 0.6) is 0 Å². The Morgan fingerprint density at radius 1 is 1.39 bits per heavy atom. The van der Waals surface area contributed by atoms with Gasteiger partial charge in [0.05, 0.1) is 0 Å². The minimum absolute atomic E-state index is 0.0671. The van der Waals surface area contributed by atoms with Crippen LogP contribution in [0.1, 0.15) is 36.5 Å². The first-order valence-corrected chi connectivity index (χ1v) is 6.79. The van der Waals surface area contributed by atoms with Gasteiger partial charge < -0.3 is 11.1 Å². The third-order valence-corrected chi connectivity index (χ3v) is 3.56. The highest BCUT2D eigenvalue weighted by Gasteiger charge is 2.11. The Labute approximate surface area is 109 Å². The Bertz CT molecular complexity index is 429. The van der Waals surface area contributed by atoms with E-state index in [1.54, 1.807) is 0 Å². The molecule has 0 heterocycles. The molecule has 0 spiro atoms. The van der Waals surface area contributed by atoms with Gasteiger partial charge in [-0.25, -0.2) is 0 Å². The molecule has 1 aromatic carbocycles. The number of benzene rings is 1. The van der Waals surface area contributed by atoms with E-state index in [2.05, 4.69) is 23.5 Å². The second-order valence-corrected chi connectivity index (χ2v) is 5.16. The SMILES string of the molecule is CC(CN)NC(=O)CCc1ccc2c(c1)CCC2. The molecule has 18 heavy (non-hydrogen) atoms. The first-order chi connectivity index (χ1) is 8.69. The Morgan fingerprint density at radius 3 is 2.94 bits per heavy atom. The van der Waals surface area contributed by atoms with Crippen molar-refractivity contribution in [2.75, 3.05) is 6.54 Å². The molecule has 1 aliphatic carbocycles. The van der Waals surface area contributed by atoms with E-state index in [4.69, 9.17) is 5.73 Å². The number of amides is 1. The summed E-state index contributed by atoms with van der Waals surface area (Å²) in [7, 11) is 0. The molecule has 0 radical (unpaired) electrons. The average Bonchev–Trinajstić information content (AvgIpc) is 2.83. The predicted molar refractivity (Wildman–Crippen MR) is 73.4 cm³/mol. The van der Waals surface area contributed by atoms with Crippen LogP contribution < -0.4 is 11.1 Å². The maximum absolute atomic E-state index is 11.7. The molecule has 1 atom stereocenters. The summed E-state index contributed by atoms with van der Waals surface area (Å²) in [4.78, 5) is 11.7. The number of hydrogen-bond donors (Lipinski definition) is 2. The fourth-order valence-electron chi connectivity index (χ4n) is 2.44. The summed E-state index contributed by atoms with van der Waals surface area (Å²) in [5.74, 6) is 0.0912. The van der Waals surface area contributed by atoms with Gasteiger partial charge >= 0.3 is 0 Å². The number of rotatable bonds is 5. The Morgan fingerprint density at radius 2 is 2.17 bits per heavy atom. The number of nitrogens with two attached hydrogens (primary N) is 1. The van der Waals surface area contributed by atoms with Gasteiger partial charge in [-0.3, -0.25) is 4.79 Å². The van der Waals surface area contributed by atoms with Gasteiger partial charge in [-0.05, 0) is 49.3 Å². The normalized spacial score (nSPS) is 15.2. The summed E-state index contributed by atoms with van der Waals surface area (Å²) >= 11 is 0. The van der Waals surface area contributed by atoms with Crippen LogP contribution >= 0.6 is 0 Å². The highest BCUT2D eigenvalue weighted by molar-refractivity contribution is 5.76. The van der Waals surface area contributed by atoms with Crippen molar-refractivity contribution < 1.29 is 4.79 Å². The maximum Gasteiger partial charge on any atom is 0.220 e. The van der Waals surface area contributed by atoms with Crippen LogP contribution in [0.3, 0.4) is 0 Å².